The maximum Gasteiger partial charge on any atom is 0.257 e. The fraction of sp³-hybridized carbons (Fsp3) is 0.182. The summed E-state index contributed by atoms with van der Waals surface area (Å²) in [5, 5.41) is 1.14. The van der Waals surface area contributed by atoms with Crippen molar-refractivity contribution in [1.29, 1.82) is 0 Å². The number of aromatic amines is 1. The summed E-state index contributed by atoms with van der Waals surface area (Å²) in [6.45, 7) is 1.66. The number of nitrogens with zero attached hydrogens (tertiary/aromatic N) is 2. The Hall–Kier alpha value is -3.41. The van der Waals surface area contributed by atoms with Crippen LogP contribution in [-0.4, -0.2) is 41.4 Å². The topological polar surface area (TPSA) is 57.7 Å². The van der Waals surface area contributed by atoms with Gasteiger partial charge in [-0.1, -0.05) is 18.2 Å². The number of hydrogen-bond acceptors (Lipinski definition) is 3. The smallest absolute Gasteiger partial charge is 0.257 e. The third kappa shape index (κ3) is 2.78. The number of ether oxygens (including phenoxy) is 1. The lowest BCUT2D eigenvalue weighted by atomic mass is 10.0. The van der Waals surface area contributed by atoms with Gasteiger partial charge in [-0.3, -0.25) is 4.79 Å². The van der Waals surface area contributed by atoms with Crippen molar-refractivity contribution in [1.82, 2.24) is 9.88 Å². The molecule has 3 aromatic rings. The van der Waals surface area contributed by atoms with Crippen LogP contribution in [0.4, 0.5) is 4.39 Å². The lowest BCUT2D eigenvalue weighted by Crippen LogP contribution is -2.27. The van der Waals surface area contributed by atoms with Gasteiger partial charge in [-0.25, -0.2) is 9.38 Å². The second-order valence-corrected chi connectivity index (χ2v) is 6.86. The molecule has 0 aliphatic carbocycles. The fourth-order valence-electron chi connectivity index (χ4n) is 3.79. The Labute approximate surface area is 161 Å². The van der Waals surface area contributed by atoms with Crippen molar-refractivity contribution >= 4 is 28.3 Å². The highest BCUT2D eigenvalue weighted by Crippen LogP contribution is 2.32. The fourth-order valence-corrected chi connectivity index (χ4v) is 3.79. The van der Waals surface area contributed by atoms with Crippen LogP contribution in [0.2, 0.25) is 0 Å². The molecule has 3 heterocycles. The Morgan fingerprint density at radius 2 is 1.96 bits per heavy atom. The molecule has 28 heavy (non-hydrogen) atoms. The minimum absolute atomic E-state index is 0.175. The van der Waals surface area contributed by atoms with Crippen molar-refractivity contribution in [2.45, 2.75) is 6.42 Å². The van der Waals surface area contributed by atoms with E-state index < -0.39 is 0 Å². The van der Waals surface area contributed by atoms with Crippen LogP contribution in [-0.2, 0) is 11.2 Å². The molecule has 5 nitrogen and oxygen atoms in total. The second kappa shape index (κ2) is 6.64. The van der Waals surface area contributed by atoms with Crippen LogP contribution in [0.15, 0.2) is 59.7 Å². The largest absolute Gasteiger partial charge is 0.475 e. The normalized spacial score (nSPS) is 16.2. The number of carbonyl (C=O) groups excluding carboxylic acids is 1. The number of halogens is 1. The van der Waals surface area contributed by atoms with Crippen molar-refractivity contribution in [3.05, 3.63) is 77.4 Å². The molecule has 2 aliphatic heterocycles. The molecule has 0 fully saturated rings. The van der Waals surface area contributed by atoms with Gasteiger partial charge in [0.1, 0.15) is 12.4 Å². The van der Waals surface area contributed by atoms with Crippen molar-refractivity contribution < 1.29 is 13.9 Å². The first kappa shape index (κ1) is 16.7. The third-order valence-electron chi connectivity index (χ3n) is 5.14. The molecule has 2 aliphatic rings. The van der Waals surface area contributed by atoms with E-state index in [0.717, 1.165) is 27.7 Å². The molecule has 2 aromatic carbocycles. The summed E-state index contributed by atoms with van der Waals surface area (Å²) in [7, 11) is 0. The summed E-state index contributed by atoms with van der Waals surface area (Å²) < 4.78 is 19.0. The predicted molar refractivity (Wildman–Crippen MR) is 106 cm³/mol. The van der Waals surface area contributed by atoms with Crippen molar-refractivity contribution in [2.75, 3.05) is 19.7 Å². The zero-order valence-electron chi connectivity index (χ0n) is 15.1. The average molecular weight is 375 g/mol. The van der Waals surface area contributed by atoms with Crippen LogP contribution < -0.4 is 0 Å². The molecular weight excluding hydrogens is 357 g/mol. The van der Waals surface area contributed by atoms with Gasteiger partial charge < -0.3 is 14.6 Å². The Bertz CT molecular complexity index is 1130. The van der Waals surface area contributed by atoms with Gasteiger partial charge in [0.05, 0.1) is 17.8 Å². The number of benzene rings is 2. The summed E-state index contributed by atoms with van der Waals surface area (Å²) in [5.74, 6) is 0.0102. The highest BCUT2D eigenvalue weighted by molar-refractivity contribution is 6.21. The van der Waals surface area contributed by atoms with Gasteiger partial charge >= 0.3 is 0 Å². The minimum atomic E-state index is -0.362. The van der Waals surface area contributed by atoms with E-state index in [0.29, 0.717) is 37.6 Å². The minimum Gasteiger partial charge on any atom is -0.475 e. The van der Waals surface area contributed by atoms with E-state index >= 15 is 0 Å². The van der Waals surface area contributed by atoms with Gasteiger partial charge in [-0.15, -0.1) is 0 Å². The Balaban J connectivity index is 1.61. The number of hydrogen-bond donors (Lipinski definition) is 1. The number of para-hydroxylation sites is 1. The summed E-state index contributed by atoms with van der Waals surface area (Å²) in [4.78, 5) is 22.6. The molecule has 0 radical (unpaired) electrons. The highest BCUT2D eigenvalue weighted by Gasteiger charge is 2.27. The lowest BCUT2D eigenvalue weighted by molar-refractivity contribution is 0.0825. The Morgan fingerprint density at radius 1 is 1.14 bits per heavy atom. The first-order valence-electron chi connectivity index (χ1n) is 9.26. The van der Waals surface area contributed by atoms with Crippen LogP contribution in [0.1, 0.15) is 21.6 Å². The summed E-state index contributed by atoms with van der Waals surface area (Å²) in [5.41, 5.74) is 4.36. The van der Waals surface area contributed by atoms with E-state index in [9.17, 15) is 9.18 Å². The number of rotatable bonds is 2. The monoisotopic (exact) mass is 375 g/mol. The number of carbonyl (C=O) groups is 1. The quantitative estimate of drug-likeness (QED) is 0.741. The molecule has 0 spiro atoms. The molecule has 1 N–H and O–H groups in total. The molecule has 1 aromatic heterocycles. The first-order chi connectivity index (χ1) is 13.7. The number of nitrogens with one attached hydrogen (secondary N) is 1. The molecule has 1 amide bonds. The van der Waals surface area contributed by atoms with E-state index in [1.54, 1.807) is 11.1 Å². The summed E-state index contributed by atoms with van der Waals surface area (Å²) in [6.07, 6.45) is 2.50. The zero-order chi connectivity index (χ0) is 19.1. The third-order valence-corrected chi connectivity index (χ3v) is 5.14. The summed E-state index contributed by atoms with van der Waals surface area (Å²) in [6, 6.07) is 13.7. The maximum absolute atomic E-state index is 13.2. The Morgan fingerprint density at radius 3 is 2.75 bits per heavy atom. The summed E-state index contributed by atoms with van der Waals surface area (Å²) >= 11 is 0. The molecular formula is C22H18FN3O2. The molecule has 5 rings (SSSR count). The number of amides is 1. The maximum atomic E-state index is 13.2. The van der Waals surface area contributed by atoms with Crippen LogP contribution in [0.25, 0.3) is 16.5 Å². The highest BCUT2D eigenvalue weighted by atomic mass is 19.1. The molecule has 0 unspecified atom stereocenters. The Kier molecular flexibility index (Phi) is 3.97. The van der Waals surface area contributed by atoms with E-state index in [4.69, 9.17) is 4.74 Å². The van der Waals surface area contributed by atoms with Crippen LogP contribution in [0, 0.1) is 5.82 Å². The molecule has 140 valence electrons. The van der Waals surface area contributed by atoms with Crippen molar-refractivity contribution in [3.63, 3.8) is 0 Å². The van der Waals surface area contributed by atoms with E-state index in [2.05, 4.69) is 16.0 Å². The van der Waals surface area contributed by atoms with Crippen LogP contribution in [0.3, 0.4) is 0 Å². The van der Waals surface area contributed by atoms with Gasteiger partial charge in [0.25, 0.3) is 5.91 Å². The molecule has 0 saturated heterocycles. The average Bonchev–Trinajstić information content (AvgIpc) is 3.33. The number of aliphatic imine (C=N–C) groups is 1. The van der Waals surface area contributed by atoms with Crippen molar-refractivity contribution in [3.8, 4) is 0 Å². The number of fused-ring (bicyclic) bond motifs is 3. The first-order valence-corrected chi connectivity index (χ1v) is 9.26. The van der Waals surface area contributed by atoms with E-state index in [1.165, 1.54) is 24.3 Å². The molecule has 0 saturated carbocycles. The molecule has 6 heteroatoms. The predicted octanol–water partition coefficient (Wildman–Crippen LogP) is 3.78. The number of aromatic nitrogens is 1. The second-order valence-electron chi connectivity index (χ2n) is 6.86. The van der Waals surface area contributed by atoms with Crippen LogP contribution >= 0.6 is 0 Å². The SMILES string of the molecule is O=C(c1ccc(F)cc1)N1C=C(C2=NCCO2)c2[nH]c3ccccc3c2CC1. The molecule has 0 bridgehead atoms. The number of H-pyrrole nitrogens is 1. The standard InChI is InChI=1S/C22H18FN3O2/c23-15-7-5-14(6-8-15)22(27)26-11-9-17-16-3-1-2-4-19(16)25-20(17)18(13-26)21-24-10-12-28-21/h1-8,13,25H,9-12H2. The van der Waals surface area contributed by atoms with Crippen LogP contribution in [0.5, 0.6) is 0 Å². The lowest BCUT2D eigenvalue weighted by Gasteiger charge is -2.18. The van der Waals surface area contributed by atoms with Gasteiger partial charge in [0.15, 0.2) is 0 Å². The van der Waals surface area contributed by atoms with Gasteiger partial charge in [-0.05, 0) is 42.3 Å². The van der Waals surface area contributed by atoms with Crippen molar-refractivity contribution in [2.24, 2.45) is 4.99 Å². The van der Waals surface area contributed by atoms with E-state index in [-0.39, 0.29) is 11.7 Å². The van der Waals surface area contributed by atoms with Gasteiger partial charge in [0, 0.05) is 29.2 Å². The zero-order valence-corrected chi connectivity index (χ0v) is 15.1. The molecule has 0 atom stereocenters. The van der Waals surface area contributed by atoms with Gasteiger partial charge in [0.2, 0.25) is 5.90 Å². The van der Waals surface area contributed by atoms with E-state index in [1.807, 2.05) is 18.2 Å². The van der Waals surface area contributed by atoms with Gasteiger partial charge in [-0.2, -0.15) is 0 Å².